The Bertz CT molecular complexity index is 755. The third-order valence-electron chi connectivity index (χ3n) is 5.82. The number of hydrogen-bond acceptors (Lipinski definition) is 6. The van der Waals surface area contributed by atoms with Crippen LogP contribution in [-0.2, 0) is 9.53 Å². The highest BCUT2D eigenvalue weighted by Crippen LogP contribution is 2.21. The van der Waals surface area contributed by atoms with Crippen LogP contribution in [0.2, 0.25) is 0 Å². The molecule has 0 saturated carbocycles. The molecule has 202 valence electrons. The van der Waals surface area contributed by atoms with Crippen molar-refractivity contribution in [2.24, 2.45) is 23.0 Å². The predicted molar refractivity (Wildman–Crippen MR) is 142 cm³/mol. The lowest BCUT2D eigenvalue weighted by Crippen LogP contribution is -2.47. The molecule has 1 aromatic rings. The zero-order valence-corrected chi connectivity index (χ0v) is 23.0. The molecule has 1 aromatic carbocycles. The quantitative estimate of drug-likeness (QED) is 0.266. The van der Waals surface area contributed by atoms with E-state index in [0.29, 0.717) is 37.5 Å². The largest absolute Gasteiger partial charge is 0.493 e. The summed E-state index contributed by atoms with van der Waals surface area (Å²) in [5, 5.41) is 16.2. The first kappa shape index (κ1) is 33.1. The summed E-state index contributed by atoms with van der Waals surface area (Å²) in [6.45, 7) is 11.3. The van der Waals surface area contributed by atoms with E-state index in [4.69, 9.17) is 15.2 Å². The number of carbonyl (C=O) groups excluding carboxylic acids is 2. The second-order valence-corrected chi connectivity index (χ2v) is 10.2. The second kappa shape index (κ2) is 16.7. The fraction of sp³-hybridized carbons (Fsp3) is 0.692. The van der Waals surface area contributed by atoms with Gasteiger partial charge in [-0.25, -0.2) is 0 Å². The van der Waals surface area contributed by atoms with Crippen LogP contribution in [0.1, 0.15) is 64.2 Å². The fourth-order valence-corrected chi connectivity index (χ4v) is 3.34. The van der Waals surface area contributed by atoms with Crippen LogP contribution >= 0.6 is 12.4 Å². The van der Waals surface area contributed by atoms with Crippen LogP contribution in [0, 0.1) is 17.3 Å². The molecular formula is C26H46ClN3O5. The van der Waals surface area contributed by atoms with Gasteiger partial charge in [0.25, 0.3) is 5.91 Å². The van der Waals surface area contributed by atoms with Crippen LogP contribution in [-0.4, -0.2) is 62.5 Å². The highest BCUT2D eigenvalue weighted by Gasteiger charge is 2.26. The first-order valence-corrected chi connectivity index (χ1v) is 12.2. The number of ether oxygens (including phenoxy) is 2. The lowest BCUT2D eigenvalue weighted by molar-refractivity contribution is -0.129. The van der Waals surface area contributed by atoms with Crippen LogP contribution in [0.5, 0.6) is 5.75 Å². The summed E-state index contributed by atoms with van der Waals surface area (Å²) in [5.41, 5.74) is 6.20. The number of aliphatic hydroxyl groups excluding tert-OH is 1. The molecule has 35 heavy (non-hydrogen) atoms. The third kappa shape index (κ3) is 12.6. The van der Waals surface area contributed by atoms with Crippen molar-refractivity contribution in [3.8, 4) is 5.75 Å². The first-order valence-electron chi connectivity index (χ1n) is 12.2. The Balaban J connectivity index is 0.0000116. The van der Waals surface area contributed by atoms with Gasteiger partial charge in [0.15, 0.2) is 0 Å². The van der Waals surface area contributed by atoms with E-state index in [0.717, 1.165) is 12.8 Å². The van der Waals surface area contributed by atoms with Crippen LogP contribution in [0.15, 0.2) is 24.3 Å². The highest BCUT2D eigenvalue weighted by atomic mass is 35.5. The molecule has 0 aliphatic heterocycles. The molecule has 3 atom stereocenters. The van der Waals surface area contributed by atoms with Gasteiger partial charge in [0.1, 0.15) is 5.75 Å². The standard InChI is InChI=1S/C26H45N3O5.ClH/c1-18(2)19(15-21(27)22(30)17-29-25(32)26(3,4)5)16-28-24(31)20-11-7-8-12-23(20)34-14-10-9-13-33-6;/h7-8,11-12,18-19,21-22,30H,9-10,13-17,27H2,1-6H3,(H,28,31)(H,29,32);1H/t19-,21+,22+;/m1./s1. The average Bonchev–Trinajstić information content (AvgIpc) is 2.78. The first-order chi connectivity index (χ1) is 16.0. The molecule has 0 unspecified atom stereocenters. The topological polar surface area (TPSA) is 123 Å². The maximum atomic E-state index is 12.9. The summed E-state index contributed by atoms with van der Waals surface area (Å²) in [4.78, 5) is 24.9. The molecule has 0 fully saturated rings. The van der Waals surface area contributed by atoms with E-state index in [1.54, 1.807) is 19.2 Å². The van der Waals surface area contributed by atoms with Crippen LogP contribution in [0.25, 0.3) is 0 Å². The SMILES string of the molecule is COCCCCOc1ccccc1C(=O)NC[C@@H](C[C@H](N)[C@@H](O)CNC(=O)C(C)(C)C)C(C)C.Cl. The minimum atomic E-state index is -0.865. The van der Waals surface area contributed by atoms with Crippen molar-refractivity contribution >= 4 is 24.2 Å². The van der Waals surface area contributed by atoms with Crippen LogP contribution in [0.3, 0.4) is 0 Å². The number of rotatable bonds is 15. The molecule has 0 spiro atoms. The summed E-state index contributed by atoms with van der Waals surface area (Å²) in [5.74, 6) is 0.528. The number of halogens is 1. The molecule has 0 radical (unpaired) electrons. The van der Waals surface area contributed by atoms with E-state index in [1.165, 1.54) is 0 Å². The smallest absolute Gasteiger partial charge is 0.255 e. The van der Waals surface area contributed by atoms with Gasteiger partial charge in [-0.2, -0.15) is 0 Å². The van der Waals surface area contributed by atoms with Gasteiger partial charge < -0.3 is 30.9 Å². The molecule has 9 heteroatoms. The molecule has 0 bridgehead atoms. The molecule has 0 aromatic heterocycles. The zero-order chi connectivity index (χ0) is 25.7. The number of aliphatic hydroxyl groups is 1. The van der Waals surface area contributed by atoms with Crippen molar-refractivity contribution in [1.82, 2.24) is 10.6 Å². The molecule has 0 aliphatic carbocycles. The normalized spacial score (nSPS) is 14.0. The second-order valence-electron chi connectivity index (χ2n) is 10.2. The number of benzene rings is 1. The van der Waals surface area contributed by atoms with Crippen LogP contribution < -0.4 is 21.1 Å². The van der Waals surface area contributed by atoms with Crippen molar-refractivity contribution in [2.45, 2.75) is 66.0 Å². The Kier molecular flexibility index (Phi) is 15.8. The summed E-state index contributed by atoms with van der Waals surface area (Å²) in [6.07, 6.45) is 1.39. The number of nitrogens with two attached hydrogens (primary N) is 1. The van der Waals surface area contributed by atoms with E-state index in [-0.39, 0.29) is 42.6 Å². The summed E-state index contributed by atoms with van der Waals surface area (Å²) in [7, 11) is 1.67. The number of hydrogen-bond donors (Lipinski definition) is 4. The Morgan fingerprint density at radius 2 is 1.69 bits per heavy atom. The van der Waals surface area contributed by atoms with Gasteiger partial charge in [-0.15, -0.1) is 12.4 Å². The number of nitrogens with one attached hydrogen (secondary N) is 2. The number of carbonyl (C=O) groups is 2. The summed E-state index contributed by atoms with van der Waals surface area (Å²) in [6, 6.07) is 6.68. The number of unbranched alkanes of at least 4 members (excludes halogenated alkanes) is 1. The molecular weight excluding hydrogens is 470 g/mol. The van der Waals surface area contributed by atoms with Crippen molar-refractivity contribution in [3.63, 3.8) is 0 Å². The Morgan fingerprint density at radius 1 is 1.06 bits per heavy atom. The maximum absolute atomic E-state index is 12.9. The van der Waals surface area contributed by atoms with Gasteiger partial charge in [-0.3, -0.25) is 9.59 Å². The van der Waals surface area contributed by atoms with Crippen molar-refractivity contribution in [1.29, 1.82) is 0 Å². The maximum Gasteiger partial charge on any atom is 0.255 e. The predicted octanol–water partition coefficient (Wildman–Crippen LogP) is 3.16. The van der Waals surface area contributed by atoms with Gasteiger partial charge in [-0.05, 0) is 43.2 Å². The molecule has 2 amide bonds. The molecule has 0 heterocycles. The van der Waals surface area contributed by atoms with Crippen molar-refractivity contribution in [3.05, 3.63) is 29.8 Å². The third-order valence-corrected chi connectivity index (χ3v) is 5.82. The minimum absolute atomic E-state index is 0. The average molecular weight is 516 g/mol. The Labute approximate surface area is 217 Å². The van der Waals surface area contributed by atoms with Crippen molar-refractivity contribution in [2.75, 3.05) is 33.4 Å². The van der Waals surface area contributed by atoms with Gasteiger partial charge >= 0.3 is 0 Å². The zero-order valence-electron chi connectivity index (χ0n) is 22.1. The molecule has 1 rings (SSSR count). The Morgan fingerprint density at radius 3 is 2.29 bits per heavy atom. The monoisotopic (exact) mass is 515 g/mol. The lowest BCUT2D eigenvalue weighted by Gasteiger charge is -2.28. The van der Waals surface area contributed by atoms with Gasteiger partial charge in [0, 0.05) is 38.3 Å². The Hall–Kier alpha value is -1.87. The summed E-state index contributed by atoms with van der Waals surface area (Å²) < 4.78 is 10.9. The highest BCUT2D eigenvalue weighted by molar-refractivity contribution is 5.96. The van der Waals surface area contributed by atoms with E-state index in [2.05, 4.69) is 24.5 Å². The number of methoxy groups -OCH3 is 1. The van der Waals surface area contributed by atoms with Crippen molar-refractivity contribution < 1.29 is 24.2 Å². The number of para-hydroxylation sites is 1. The number of amides is 2. The van der Waals surface area contributed by atoms with Gasteiger partial charge in [0.05, 0.1) is 18.3 Å². The minimum Gasteiger partial charge on any atom is -0.493 e. The molecule has 8 nitrogen and oxygen atoms in total. The van der Waals surface area contributed by atoms with E-state index in [1.807, 2.05) is 32.9 Å². The van der Waals surface area contributed by atoms with Gasteiger partial charge in [-0.1, -0.05) is 46.8 Å². The van der Waals surface area contributed by atoms with E-state index >= 15 is 0 Å². The summed E-state index contributed by atoms with van der Waals surface area (Å²) >= 11 is 0. The van der Waals surface area contributed by atoms with Crippen LogP contribution in [0.4, 0.5) is 0 Å². The van der Waals surface area contributed by atoms with E-state index < -0.39 is 17.6 Å². The molecule has 0 saturated heterocycles. The fourth-order valence-electron chi connectivity index (χ4n) is 3.34. The van der Waals surface area contributed by atoms with E-state index in [9.17, 15) is 14.7 Å². The molecule has 0 aliphatic rings. The molecule has 5 N–H and O–H groups in total. The lowest BCUT2D eigenvalue weighted by atomic mass is 9.87. The van der Waals surface area contributed by atoms with Gasteiger partial charge in [0.2, 0.25) is 5.91 Å².